The lowest BCUT2D eigenvalue weighted by atomic mass is 10.1. The van der Waals surface area contributed by atoms with Gasteiger partial charge >= 0.3 is 0 Å². The average Bonchev–Trinajstić information content (AvgIpc) is 3.03. The third kappa shape index (κ3) is 2.96. The SMILES string of the molecule is O=c1ccnc2sc(N3CCC(Oc4ccc(F)cc4)CC3)nn12. The summed E-state index contributed by atoms with van der Waals surface area (Å²) in [6.45, 7) is 1.58. The number of halogens is 1. The normalized spacial score (nSPS) is 15.8. The highest BCUT2D eigenvalue weighted by atomic mass is 32.1. The van der Waals surface area contributed by atoms with Crippen molar-refractivity contribution in [3.05, 3.63) is 52.7 Å². The number of rotatable bonds is 3. The molecule has 8 heteroatoms. The molecular formula is C16H15FN4O2S. The van der Waals surface area contributed by atoms with Gasteiger partial charge in [-0.05, 0) is 24.3 Å². The second-order valence-electron chi connectivity index (χ2n) is 5.62. The molecule has 1 aromatic carbocycles. The van der Waals surface area contributed by atoms with Crippen LogP contribution >= 0.6 is 11.3 Å². The molecule has 1 saturated heterocycles. The largest absolute Gasteiger partial charge is 0.490 e. The predicted octanol–water partition coefficient (Wildman–Crippen LogP) is 2.34. The summed E-state index contributed by atoms with van der Waals surface area (Å²) in [5.41, 5.74) is -0.169. The van der Waals surface area contributed by atoms with E-state index >= 15 is 0 Å². The van der Waals surface area contributed by atoms with Crippen molar-refractivity contribution >= 4 is 21.4 Å². The van der Waals surface area contributed by atoms with Crippen molar-refractivity contribution in [2.75, 3.05) is 18.0 Å². The van der Waals surface area contributed by atoms with Crippen LogP contribution in [0.15, 0.2) is 41.3 Å². The van der Waals surface area contributed by atoms with Gasteiger partial charge < -0.3 is 9.64 Å². The van der Waals surface area contributed by atoms with Gasteiger partial charge in [-0.3, -0.25) is 4.79 Å². The van der Waals surface area contributed by atoms with Crippen LogP contribution in [0.4, 0.5) is 9.52 Å². The first-order chi connectivity index (χ1) is 11.7. The topological polar surface area (TPSA) is 59.7 Å². The molecule has 1 fully saturated rings. The zero-order valence-corrected chi connectivity index (χ0v) is 13.6. The standard InChI is InChI=1S/C16H15FN4O2S/c17-11-1-3-12(4-2-11)23-13-6-9-20(10-7-13)16-19-21-14(22)5-8-18-15(21)24-16/h1-5,8,13H,6-7,9-10H2. The van der Waals surface area contributed by atoms with Crippen LogP contribution in [0.2, 0.25) is 0 Å². The number of fused-ring (bicyclic) bond motifs is 1. The van der Waals surface area contributed by atoms with Gasteiger partial charge in [0.25, 0.3) is 5.56 Å². The molecule has 3 heterocycles. The lowest BCUT2D eigenvalue weighted by molar-refractivity contribution is 0.170. The van der Waals surface area contributed by atoms with Crippen molar-refractivity contribution in [2.45, 2.75) is 18.9 Å². The predicted molar refractivity (Wildman–Crippen MR) is 89.4 cm³/mol. The van der Waals surface area contributed by atoms with E-state index in [0.29, 0.717) is 10.7 Å². The molecule has 6 nitrogen and oxygen atoms in total. The molecule has 0 unspecified atom stereocenters. The summed E-state index contributed by atoms with van der Waals surface area (Å²) >= 11 is 1.41. The zero-order valence-electron chi connectivity index (χ0n) is 12.8. The Bertz CT molecular complexity index is 900. The summed E-state index contributed by atoms with van der Waals surface area (Å²) in [4.78, 5) is 18.7. The summed E-state index contributed by atoms with van der Waals surface area (Å²) in [6, 6.07) is 7.49. The maximum atomic E-state index is 12.9. The number of ether oxygens (including phenoxy) is 1. The van der Waals surface area contributed by atoms with E-state index in [1.165, 1.54) is 40.2 Å². The molecule has 1 aliphatic heterocycles. The molecule has 4 rings (SSSR count). The van der Waals surface area contributed by atoms with E-state index < -0.39 is 0 Å². The van der Waals surface area contributed by atoms with Crippen LogP contribution in [0, 0.1) is 5.82 Å². The Morgan fingerprint density at radius 3 is 2.62 bits per heavy atom. The molecule has 0 N–H and O–H groups in total. The zero-order chi connectivity index (χ0) is 16.5. The lowest BCUT2D eigenvalue weighted by Gasteiger charge is -2.31. The first-order valence-corrected chi connectivity index (χ1v) is 8.53. The molecule has 0 spiro atoms. The van der Waals surface area contributed by atoms with Gasteiger partial charge in [-0.25, -0.2) is 9.37 Å². The van der Waals surface area contributed by atoms with Crippen molar-refractivity contribution in [3.8, 4) is 5.75 Å². The van der Waals surface area contributed by atoms with E-state index in [-0.39, 0.29) is 17.5 Å². The Labute approximate surface area is 141 Å². The van der Waals surface area contributed by atoms with Crippen molar-refractivity contribution in [3.63, 3.8) is 0 Å². The van der Waals surface area contributed by atoms with Crippen molar-refractivity contribution < 1.29 is 9.13 Å². The highest BCUT2D eigenvalue weighted by Gasteiger charge is 2.23. The smallest absolute Gasteiger partial charge is 0.275 e. The second-order valence-corrected chi connectivity index (χ2v) is 6.55. The van der Waals surface area contributed by atoms with Crippen LogP contribution in [0.25, 0.3) is 4.96 Å². The third-order valence-electron chi connectivity index (χ3n) is 3.99. The Kier molecular flexibility index (Phi) is 3.89. The molecule has 1 aliphatic rings. The molecule has 0 atom stereocenters. The minimum Gasteiger partial charge on any atom is -0.490 e. The molecule has 0 radical (unpaired) electrons. The maximum absolute atomic E-state index is 12.9. The molecular weight excluding hydrogens is 331 g/mol. The second kappa shape index (κ2) is 6.20. The van der Waals surface area contributed by atoms with Gasteiger partial charge in [-0.1, -0.05) is 11.3 Å². The Morgan fingerprint density at radius 2 is 1.92 bits per heavy atom. The number of nitrogens with zero attached hydrogens (tertiary/aromatic N) is 4. The maximum Gasteiger partial charge on any atom is 0.275 e. The van der Waals surface area contributed by atoms with E-state index in [2.05, 4.69) is 15.0 Å². The van der Waals surface area contributed by atoms with Gasteiger partial charge in [0, 0.05) is 38.2 Å². The summed E-state index contributed by atoms with van der Waals surface area (Å²) in [5, 5.41) is 5.16. The van der Waals surface area contributed by atoms with E-state index in [1.54, 1.807) is 12.1 Å². The Morgan fingerprint density at radius 1 is 1.17 bits per heavy atom. The van der Waals surface area contributed by atoms with Gasteiger partial charge in [0.2, 0.25) is 10.1 Å². The fourth-order valence-electron chi connectivity index (χ4n) is 2.73. The van der Waals surface area contributed by atoms with Gasteiger partial charge in [0.05, 0.1) is 0 Å². The third-order valence-corrected chi connectivity index (χ3v) is 4.97. The van der Waals surface area contributed by atoms with E-state index in [4.69, 9.17) is 4.74 Å². The van der Waals surface area contributed by atoms with Crippen LogP contribution in [0.3, 0.4) is 0 Å². The average molecular weight is 346 g/mol. The van der Waals surface area contributed by atoms with Crippen LogP contribution in [-0.2, 0) is 0 Å². The summed E-state index contributed by atoms with van der Waals surface area (Å²) in [5.74, 6) is 0.419. The number of hydrogen-bond donors (Lipinski definition) is 0. The first kappa shape index (κ1) is 15.1. The Hall–Kier alpha value is -2.48. The summed E-state index contributed by atoms with van der Waals surface area (Å²) < 4.78 is 20.2. The van der Waals surface area contributed by atoms with Crippen molar-refractivity contribution in [2.24, 2.45) is 0 Å². The van der Waals surface area contributed by atoms with Gasteiger partial charge in [-0.2, -0.15) is 4.52 Å². The lowest BCUT2D eigenvalue weighted by Crippen LogP contribution is -2.38. The van der Waals surface area contributed by atoms with Gasteiger partial charge in [-0.15, -0.1) is 5.10 Å². The number of hydrogen-bond acceptors (Lipinski definition) is 6. The van der Waals surface area contributed by atoms with E-state index in [0.717, 1.165) is 31.1 Å². The minimum absolute atomic E-state index is 0.0990. The molecule has 0 bridgehead atoms. The van der Waals surface area contributed by atoms with Gasteiger partial charge in [0.1, 0.15) is 17.7 Å². The summed E-state index contributed by atoms with van der Waals surface area (Å²) in [6.07, 6.45) is 3.29. The van der Waals surface area contributed by atoms with E-state index in [1.807, 2.05) is 0 Å². The minimum atomic E-state index is -0.267. The highest BCUT2D eigenvalue weighted by Crippen LogP contribution is 2.26. The van der Waals surface area contributed by atoms with Crippen LogP contribution < -0.4 is 15.2 Å². The fourth-order valence-corrected chi connectivity index (χ4v) is 3.66. The van der Waals surface area contributed by atoms with E-state index in [9.17, 15) is 9.18 Å². The number of aromatic nitrogens is 3. The number of anilines is 1. The van der Waals surface area contributed by atoms with Crippen LogP contribution in [0.5, 0.6) is 5.75 Å². The first-order valence-electron chi connectivity index (χ1n) is 7.71. The monoisotopic (exact) mass is 346 g/mol. The molecule has 3 aromatic rings. The molecule has 124 valence electrons. The Balaban J connectivity index is 1.42. The highest BCUT2D eigenvalue weighted by molar-refractivity contribution is 7.20. The number of benzene rings is 1. The fraction of sp³-hybridized carbons (Fsp3) is 0.312. The van der Waals surface area contributed by atoms with Crippen LogP contribution in [-0.4, -0.2) is 33.8 Å². The molecule has 24 heavy (non-hydrogen) atoms. The van der Waals surface area contributed by atoms with Crippen molar-refractivity contribution in [1.82, 2.24) is 14.6 Å². The molecule has 2 aromatic heterocycles. The molecule has 0 saturated carbocycles. The quantitative estimate of drug-likeness (QED) is 0.728. The number of piperidine rings is 1. The van der Waals surface area contributed by atoms with Gasteiger partial charge in [0.15, 0.2) is 0 Å². The summed E-state index contributed by atoms with van der Waals surface area (Å²) in [7, 11) is 0. The molecule has 0 aliphatic carbocycles. The molecule has 0 amide bonds. The van der Waals surface area contributed by atoms with Crippen LogP contribution in [0.1, 0.15) is 12.8 Å². The van der Waals surface area contributed by atoms with Crippen molar-refractivity contribution in [1.29, 1.82) is 0 Å².